The van der Waals surface area contributed by atoms with Crippen molar-refractivity contribution in [2.75, 3.05) is 6.54 Å². The molecule has 1 aliphatic rings. The van der Waals surface area contributed by atoms with Gasteiger partial charge in [0.2, 0.25) is 0 Å². The number of carbonyl (C=O) groups excluding carboxylic acids is 3. The van der Waals surface area contributed by atoms with Gasteiger partial charge in [0.25, 0.3) is 11.1 Å². The number of halogens is 2. The number of nitrogens with zero attached hydrogens (tertiary/aromatic N) is 1. The first kappa shape index (κ1) is 18.8. The second-order valence-corrected chi connectivity index (χ2v) is 6.92. The van der Waals surface area contributed by atoms with Gasteiger partial charge in [-0.1, -0.05) is 36.2 Å². The number of hydrogen-bond acceptors (Lipinski definition) is 5. The predicted octanol–water partition coefficient (Wildman–Crippen LogP) is 4.37. The molecule has 0 aliphatic carbocycles. The van der Waals surface area contributed by atoms with Crippen molar-refractivity contribution in [2.45, 2.75) is 26.4 Å². The Labute approximate surface area is 153 Å². The third-order valence-electron chi connectivity index (χ3n) is 3.34. The van der Waals surface area contributed by atoms with E-state index in [-0.39, 0.29) is 11.0 Å². The van der Waals surface area contributed by atoms with E-state index in [2.05, 4.69) is 0 Å². The van der Waals surface area contributed by atoms with Crippen LogP contribution in [0.15, 0.2) is 23.1 Å². The van der Waals surface area contributed by atoms with Crippen LogP contribution in [0.3, 0.4) is 0 Å². The molecule has 1 fully saturated rings. The van der Waals surface area contributed by atoms with Gasteiger partial charge in [-0.05, 0) is 43.3 Å². The number of carbonyl (C=O) groups is 3. The summed E-state index contributed by atoms with van der Waals surface area (Å²) in [4.78, 5) is 37.2. The largest absolute Gasteiger partial charge is 0.461 e. The second-order valence-electron chi connectivity index (χ2n) is 5.11. The highest BCUT2D eigenvalue weighted by Gasteiger charge is 2.37. The van der Waals surface area contributed by atoms with E-state index in [4.69, 9.17) is 27.9 Å². The SMILES string of the molecule is CC[C@H](C)OC(=O)CN1C(=O)S/C(=C/c2c(Cl)cccc2Cl)C1=O. The topological polar surface area (TPSA) is 63.7 Å². The third kappa shape index (κ3) is 4.32. The number of imide groups is 1. The highest BCUT2D eigenvalue weighted by atomic mass is 35.5. The lowest BCUT2D eigenvalue weighted by molar-refractivity contribution is -0.150. The lowest BCUT2D eigenvalue weighted by Gasteiger charge is -2.14. The molecule has 0 saturated carbocycles. The van der Waals surface area contributed by atoms with E-state index in [0.29, 0.717) is 22.0 Å². The van der Waals surface area contributed by atoms with E-state index in [1.807, 2.05) is 6.92 Å². The summed E-state index contributed by atoms with van der Waals surface area (Å²) >= 11 is 12.9. The first-order chi connectivity index (χ1) is 11.3. The Hall–Kier alpha value is -1.50. The van der Waals surface area contributed by atoms with Gasteiger partial charge < -0.3 is 4.74 Å². The Balaban J connectivity index is 2.17. The van der Waals surface area contributed by atoms with Gasteiger partial charge in [-0.3, -0.25) is 19.3 Å². The minimum Gasteiger partial charge on any atom is -0.461 e. The number of amides is 2. The van der Waals surface area contributed by atoms with E-state index in [0.717, 1.165) is 16.7 Å². The monoisotopic (exact) mass is 387 g/mol. The molecular formula is C16H15Cl2NO4S. The standard InChI is InChI=1S/C16H15Cl2NO4S/c1-3-9(2)23-14(20)8-19-15(21)13(24-16(19)22)7-10-11(17)5-4-6-12(10)18/h4-7,9H,3,8H2,1-2H3/b13-7+/t9-/m0/s1. The molecule has 8 heteroatoms. The van der Waals surface area contributed by atoms with Crippen LogP contribution in [0.5, 0.6) is 0 Å². The van der Waals surface area contributed by atoms with Crippen molar-refractivity contribution in [2.24, 2.45) is 0 Å². The summed E-state index contributed by atoms with van der Waals surface area (Å²) in [5.41, 5.74) is 0.452. The quantitative estimate of drug-likeness (QED) is 0.554. The molecule has 1 aromatic carbocycles. The maximum Gasteiger partial charge on any atom is 0.326 e. The molecule has 1 heterocycles. The molecule has 2 amide bonds. The molecule has 0 spiro atoms. The average molecular weight is 388 g/mol. The zero-order valence-corrected chi connectivity index (χ0v) is 15.4. The number of hydrogen-bond donors (Lipinski definition) is 0. The van der Waals surface area contributed by atoms with E-state index >= 15 is 0 Å². The molecule has 0 radical (unpaired) electrons. The van der Waals surface area contributed by atoms with Crippen LogP contribution in [-0.2, 0) is 14.3 Å². The van der Waals surface area contributed by atoms with Gasteiger partial charge in [0.05, 0.1) is 11.0 Å². The van der Waals surface area contributed by atoms with Gasteiger partial charge in [0, 0.05) is 15.6 Å². The molecule has 1 atom stereocenters. The Morgan fingerprint density at radius 2 is 1.96 bits per heavy atom. The Morgan fingerprint density at radius 1 is 1.33 bits per heavy atom. The smallest absolute Gasteiger partial charge is 0.326 e. The Bertz CT molecular complexity index is 700. The van der Waals surface area contributed by atoms with Gasteiger partial charge in [-0.2, -0.15) is 0 Å². The van der Waals surface area contributed by atoms with Crippen LogP contribution in [0.2, 0.25) is 10.0 Å². The Kier molecular flexibility index (Phi) is 6.32. The Morgan fingerprint density at radius 3 is 2.54 bits per heavy atom. The van der Waals surface area contributed by atoms with Crippen molar-refractivity contribution in [3.05, 3.63) is 38.7 Å². The van der Waals surface area contributed by atoms with Crippen LogP contribution in [-0.4, -0.2) is 34.7 Å². The van der Waals surface area contributed by atoms with Gasteiger partial charge in [0.15, 0.2) is 0 Å². The molecule has 24 heavy (non-hydrogen) atoms. The molecule has 0 N–H and O–H groups in total. The summed E-state index contributed by atoms with van der Waals surface area (Å²) in [5, 5.41) is 0.200. The lowest BCUT2D eigenvalue weighted by Crippen LogP contribution is -2.35. The second kappa shape index (κ2) is 8.05. The summed E-state index contributed by atoms with van der Waals surface area (Å²) in [6.07, 6.45) is 1.84. The van der Waals surface area contributed by atoms with Crippen LogP contribution in [0.1, 0.15) is 25.8 Å². The molecular weight excluding hydrogens is 373 g/mol. The van der Waals surface area contributed by atoms with E-state index < -0.39 is 23.7 Å². The summed E-state index contributed by atoms with van der Waals surface area (Å²) in [6, 6.07) is 4.94. The molecule has 5 nitrogen and oxygen atoms in total. The van der Waals surface area contributed by atoms with Crippen LogP contribution < -0.4 is 0 Å². The van der Waals surface area contributed by atoms with E-state index in [1.54, 1.807) is 25.1 Å². The normalized spacial score (nSPS) is 17.5. The number of esters is 1. The lowest BCUT2D eigenvalue weighted by atomic mass is 10.2. The fourth-order valence-corrected chi connectivity index (χ4v) is 3.22. The van der Waals surface area contributed by atoms with Crippen LogP contribution >= 0.6 is 35.0 Å². The van der Waals surface area contributed by atoms with Crippen LogP contribution in [0, 0.1) is 0 Å². The molecule has 2 rings (SSSR count). The van der Waals surface area contributed by atoms with Crippen LogP contribution in [0.4, 0.5) is 4.79 Å². The highest BCUT2D eigenvalue weighted by Crippen LogP contribution is 2.35. The summed E-state index contributed by atoms with van der Waals surface area (Å²) in [7, 11) is 0. The molecule has 0 aromatic heterocycles. The summed E-state index contributed by atoms with van der Waals surface area (Å²) < 4.78 is 5.09. The number of benzene rings is 1. The minimum atomic E-state index is -0.622. The molecule has 1 aromatic rings. The summed E-state index contributed by atoms with van der Waals surface area (Å²) in [6.45, 7) is 3.20. The number of thioether (sulfide) groups is 1. The summed E-state index contributed by atoms with van der Waals surface area (Å²) in [5.74, 6) is -1.19. The average Bonchev–Trinajstić information content (AvgIpc) is 2.78. The fourth-order valence-electron chi connectivity index (χ4n) is 1.89. The minimum absolute atomic E-state index is 0.159. The van der Waals surface area contributed by atoms with Gasteiger partial charge >= 0.3 is 5.97 Å². The first-order valence-electron chi connectivity index (χ1n) is 7.22. The molecule has 1 saturated heterocycles. The first-order valence-corrected chi connectivity index (χ1v) is 8.79. The van der Waals surface area contributed by atoms with Gasteiger partial charge in [-0.15, -0.1) is 0 Å². The number of rotatable bonds is 5. The molecule has 0 unspecified atom stereocenters. The third-order valence-corrected chi connectivity index (χ3v) is 4.91. The molecule has 128 valence electrons. The molecule has 1 aliphatic heterocycles. The molecule has 0 bridgehead atoms. The maximum absolute atomic E-state index is 12.4. The van der Waals surface area contributed by atoms with Crippen molar-refractivity contribution >= 4 is 58.2 Å². The highest BCUT2D eigenvalue weighted by molar-refractivity contribution is 8.18. The zero-order chi connectivity index (χ0) is 17.9. The van der Waals surface area contributed by atoms with Crippen molar-refractivity contribution in [1.82, 2.24) is 4.90 Å². The predicted molar refractivity (Wildman–Crippen MR) is 95.0 cm³/mol. The van der Waals surface area contributed by atoms with E-state index in [9.17, 15) is 14.4 Å². The van der Waals surface area contributed by atoms with E-state index in [1.165, 1.54) is 6.08 Å². The maximum atomic E-state index is 12.4. The fraction of sp³-hybridized carbons (Fsp3) is 0.312. The van der Waals surface area contributed by atoms with Crippen molar-refractivity contribution in [3.63, 3.8) is 0 Å². The van der Waals surface area contributed by atoms with Gasteiger partial charge in [-0.25, -0.2) is 0 Å². The number of ether oxygens (including phenoxy) is 1. The van der Waals surface area contributed by atoms with Crippen molar-refractivity contribution in [3.8, 4) is 0 Å². The van der Waals surface area contributed by atoms with Gasteiger partial charge in [0.1, 0.15) is 6.54 Å². The zero-order valence-electron chi connectivity index (χ0n) is 13.0. The van der Waals surface area contributed by atoms with Crippen molar-refractivity contribution < 1.29 is 19.1 Å². The van der Waals surface area contributed by atoms with Crippen LogP contribution in [0.25, 0.3) is 6.08 Å². The van der Waals surface area contributed by atoms with Crippen molar-refractivity contribution in [1.29, 1.82) is 0 Å².